The molecule has 0 unspecified atom stereocenters. The Bertz CT molecular complexity index is 1050. The van der Waals surface area contributed by atoms with Gasteiger partial charge in [0.25, 0.3) is 0 Å². The molecule has 1 aliphatic heterocycles. The molecule has 1 aliphatic carbocycles. The third-order valence-electron chi connectivity index (χ3n) is 5.47. The maximum Gasteiger partial charge on any atom is -0.0253 e. The van der Waals surface area contributed by atoms with Gasteiger partial charge in [-0.15, -0.1) is 5.56 Å². The van der Waals surface area contributed by atoms with E-state index >= 15 is 0 Å². The number of fused-ring (bicyclic) bond motifs is 3. The van der Waals surface area contributed by atoms with Crippen LogP contribution in [0.4, 0.5) is 0 Å². The van der Waals surface area contributed by atoms with Gasteiger partial charge in [0.1, 0.15) is 0 Å². The van der Waals surface area contributed by atoms with Crippen LogP contribution in [0.25, 0.3) is 11.1 Å². The molecular weight excluding hydrogens is 550 g/mol. The molecule has 1 saturated heterocycles. The van der Waals surface area contributed by atoms with Crippen molar-refractivity contribution in [3.63, 3.8) is 0 Å². The Morgan fingerprint density at radius 1 is 0.857 bits per heavy atom. The second-order valence-electron chi connectivity index (χ2n) is 8.24. The van der Waals surface area contributed by atoms with Gasteiger partial charge in [0.2, 0.25) is 0 Å². The van der Waals surface area contributed by atoms with Crippen LogP contribution in [0.1, 0.15) is 40.7 Å². The topological polar surface area (TPSA) is 9.23 Å². The minimum Gasteiger partial charge on any atom is -0.179 e. The Labute approximate surface area is 238 Å². The van der Waals surface area contributed by atoms with E-state index in [1.165, 1.54) is 76.0 Å². The largest absolute Gasteiger partial charge is 0.179 e. The minimum absolute atomic E-state index is 0. The van der Waals surface area contributed by atoms with E-state index in [-0.39, 0.29) is 24.8 Å². The number of rotatable bonds is 1. The van der Waals surface area contributed by atoms with E-state index in [9.17, 15) is 0 Å². The smallest absolute Gasteiger partial charge is 0.0253 e. The van der Waals surface area contributed by atoms with Crippen molar-refractivity contribution < 1.29 is 53.8 Å². The summed E-state index contributed by atoms with van der Waals surface area (Å²) in [5.41, 5.74) is 9.55. The van der Waals surface area contributed by atoms with Crippen LogP contribution in [0.2, 0.25) is 0 Å². The second-order valence-corrected chi connectivity index (χ2v) is 8.95. The van der Waals surface area contributed by atoms with Gasteiger partial charge in [-0.05, 0) is 19.3 Å². The van der Waals surface area contributed by atoms with Crippen molar-refractivity contribution in [1.82, 2.24) is 0 Å². The average Bonchev–Trinajstić information content (AvgIpc) is 3.63. The van der Waals surface area contributed by atoms with Crippen molar-refractivity contribution >= 4 is 3.71 Å². The van der Waals surface area contributed by atoms with Gasteiger partial charge >= 0.3 is 63.8 Å². The Hall–Kier alpha value is -1.70. The molecule has 6 rings (SSSR count). The Balaban J connectivity index is 0.000000244. The van der Waals surface area contributed by atoms with Gasteiger partial charge in [-0.2, -0.15) is 47.5 Å². The molecule has 0 amide bonds. The molecule has 0 atom stereocenters. The molecule has 0 aromatic heterocycles. The van der Waals surface area contributed by atoms with Gasteiger partial charge in [0.15, 0.2) is 0 Å². The van der Waals surface area contributed by atoms with Crippen LogP contribution < -0.4 is 24.8 Å². The molecule has 0 radical (unpaired) electrons. The number of hydrogen-bond acceptors (Lipinski definition) is 1. The van der Waals surface area contributed by atoms with Gasteiger partial charge in [-0.3, -0.25) is 0 Å². The fourth-order valence-corrected chi connectivity index (χ4v) is 4.25. The standard InChI is InChI=1S/C13H9.C7H9.C7H6.C4H8O.2ClH.Zr/c1-3-7-12-10(5-1)9-11-6-2-4-8-13(11)12;1-6-3-4-7(2)5-6;1-7-5-3-2-4-6-7;1-2-4-5-3-1;;;/h1-5,7-8H,9H2;3-5H,1-2H3;1-6H;1-4H2;2*1H;/q2*-1;;;;;+2/p-2. The summed E-state index contributed by atoms with van der Waals surface area (Å²) in [6, 6.07) is 34.9. The molecule has 0 bridgehead atoms. The zero-order chi connectivity index (χ0) is 23.3. The van der Waals surface area contributed by atoms with Crippen LogP contribution in [-0.2, 0) is 35.4 Å². The van der Waals surface area contributed by atoms with Crippen molar-refractivity contribution in [2.45, 2.75) is 33.1 Å². The fourth-order valence-electron chi connectivity index (χ4n) is 3.78. The molecule has 1 fully saturated rings. The molecule has 2 aliphatic rings. The summed E-state index contributed by atoms with van der Waals surface area (Å²) in [6.45, 7) is 6.21. The number of hydrogen-bond donors (Lipinski definition) is 0. The Morgan fingerprint density at radius 2 is 1.51 bits per heavy atom. The molecule has 1 heterocycles. The molecule has 182 valence electrons. The van der Waals surface area contributed by atoms with Gasteiger partial charge in [0.05, 0.1) is 0 Å². The summed E-state index contributed by atoms with van der Waals surface area (Å²) >= 11 is 1.46. The quantitative estimate of drug-likeness (QED) is 0.271. The van der Waals surface area contributed by atoms with Gasteiger partial charge < -0.3 is 29.6 Å². The first kappa shape index (κ1) is 31.3. The van der Waals surface area contributed by atoms with E-state index in [1.54, 1.807) is 0 Å². The Morgan fingerprint density at radius 3 is 2.03 bits per heavy atom. The molecule has 35 heavy (non-hydrogen) atoms. The summed E-state index contributed by atoms with van der Waals surface area (Å²) in [6.07, 6.45) is 3.60. The van der Waals surface area contributed by atoms with Crippen LogP contribution in [-0.4, -0.2) is 16.9 Å². The predicted molar refractivity (Wildman–Crippen MR) is 137 cm³/mol. The average molecular weight is 583 g/mol. The minimum atomic E-state index is 0. The molecule has 4 aromatic carbocycles. The van der Waals surface area contributed by atoms with Crippen LogP contribution in [0.5, 0.6) is 0 Å². The third-order valence-corrected chi connectivity index (χ3v) is 6.29. The zero-order valence-electron chi connectivity index (χ0n) is 20.4. The van der Waals surface area contributed by atoms with Crippen molar-refractivity contribution in [3.05, 3.63) is 125 Å². The summed E-state index contributed by atoms with van der Waals surface area (Å²) in [5.74, 6) is 0. The van der Waals surface area contributed by atoms with E-state index in [1.807, 2.05) is 12.1 Å². The predicted octanol–water partition coefficient (Wildman–Crippen LogP) is 1.27. The Kier molecular flexibility index (Phi) is 15.8. The SMILES string of the molecule is C1CCOC1.Cc1cc[c-](C)c1.[Cl-].[Cl-].[Zr+2]=[CH]c1ccccc1.[c-]1cccc2c1Cc1ccccc1-2. The first-order valence-electron chi connectivity index (χ1n) is 11.6. The summed E-state index contributed by atoms with van der Waals surface area (Å²) < 4.78 is 7.12. The monoisotopic (exact) mass is 580 g/mol. The van der Waals surface area contributed by atoms with Crippen molar-refractivity contribution in [2.75, 3.05) is 13.2 Å². The summed E-state index contributed by atoms with van der Waals surface area (Å²) in [7, 11) is 0. The first-order chi connectivity index (χ1) is 16.2. The first-order valence-corrected chi connectivity index (χ1v) is 13.0. The van der Waals surface area contributed by atoms with Crippen LogP contribution in [0.3, 0.4) is 0 Å². The fraction of sp³-hybridized carbons (Fsp3) is 0.226. The summed E-state index contributed by atoms with van der Waals surface area (Å²) in [5, 5.41) is 0. The van der Waals surface area contributed by atoms with Gasteiger partial charge in [0, 0.05) is 13.2 Å². The molecule has 0 saturated carbocycles. The molecular formula is C31H32Cl2OZr-2. The zero-order valence-corrected chi connectivity index (χ0v) is 24.4. The van der Waals surface area contributed by atoms with E-state index in [4.69, 9.17) is 4.74 Å². The number of halogens is 2. The second kappa shape index (κ2) is 17.7. The molecule has 0 N–H and O–H groups in total. The maximum atomic E-state index is 4.94. The molecule has 0 spiro atoms. The van der Waals surface area contributed by atoms with E-state index in [2.05, 4.69) is 102 Å². The normalized spacial score (nSPS) is 11.9. The van der Waals surface area contributed by atoms with E-state index < -0.39 is 0 Å². The molecule has 4 heteroatoms. The maximum absolute atomic E-state index is 4.94. The number of benzene rings is 3. The number of aryl methyl sites for hydroxylation is 2. The van der Waals surface area contributed by atoms with Crippen LogP contribution >= 0.6 is 0 Å². The van der Waals surface area contributed by atoms with Crippen LogP contribution in [0.15, 0.2) is 91.0 Å². The summed E-state index contributed by atoms with van der Waals surface area (Å²) in [4.78, 5) is 0. The van der Waals surface area contributed by atoms with Crippen molar-refractivity contribution in [1.29, 1.82) is 0 Å². The van der Waals surface area contributed by atoms with Gasteiger partial charge in [-0.25, -0.2) is 11.6 Å². The third kappa shape index (κ3) is 10.8. The van der Waals surface area contributed by atoms with E-state index in [0.717, 1.165) is 19.6 Å². The van der Waals surface area contributed by atoms with E-state index in [0.29, 0.717) is 0 Å². The van der Waals surface area contributed by atoms with Gasteiger partial charge in [-0.1, -0.05) is 49.2 Å². The molecule has 4 aromatic rings. The van der Waals surface area contributed by atoms with Crippen molar-refractivity contribution in [2.24, 2.45) is 0 Å². The number of ether oxygens (including phenoxy) is 1. The molecule has 1 nitrogen and oxygen atoms in total. The van der Waals surface area contributed by atoms with Crippen LogP contribution in [0, 0.1) is 19.9 Å². The van der Waals surface area contributed by atoms with Crippen molar-refractivity contribution in [3.8, 4) is 11.1 Å².